The molecule has 2 N–H and O–H groups in total. The first-order chi connectivity index (χ1) is 12.1. The van der Waals surface area contributed by atoms with Gasteiger partial charge in [0.25, 0.3) is 0 Å². The smallest absolute Gasteiger partial charge is 0.199 e. The lowest BCUT2D eigenvalue weighted by Crippen LogP contribution is -1.90. The van der Waals surface area contributed by atoms with Crippen molar-refractivity contribution in [2.75, 3.05) is 0 Å². The fraction of sp³-hybridized carbons (Fsp3) is 0.0556. The molecule has 124 valence electrons. The van der Waals surface area contributed by atoms with Gasteiger partial charge in [0.2, 0.25) is 0 Å². The van der Waals surface area contributed by atoms with Crippen LogP contribution in [0.1, 0.15) is 5.56 Å². The number of aliphatic imine (C=N–C) groups is 1. The van der Waals surface area contributed by atoms with Crippen LogP contribution in [-0.4, -0.2) is 31.1 Å². The minimum absolute atomic E-state index is 0.0369. The second-order valence-corrected chi connectivity index (χ2v) is 6.49. The third-order valence-electron chi connectivity index (χ3n) is 3.89. The number of hydrogen-bond acceptors (Lipinski definition) is 4. The van der Waals surface area contributed by atoms with Gasteiger partial charge in [-0.2, -0.15) is 5.10 Å². The molecule has 0 aliphatic rings. The van der Waals surface area contributed by atoms with E-state index in [2.05, 4.69) is 36.0 Å². The Labute approximate surface area is 152 Å². The monoisotopic (exact) mass is 395 g/mol. The molecule has 0 saturated carbocycles. The molecule has 0 fully saturated rings. The van der Waals surface area contributed by atoms with Gasteiger partial charge in [-0.3, -0.25) is 4.68 Å². The van der Waals surface area contributed by atoms with Crippen LogP contribution in [0, 0.1) is 0 Å². The van der Waals surface area contributed by atoms with Crippen LogP contribution in [0.3, 0.4) is 0 Å². The molecular weight excluding hydrogens is 382 g/mol. The predicted molar refractivity (Wildman–Crippen MR) is 101 cm³/mol. The summed E-state index contributed by atoms with van der Waals surface area (Å²) in [5, 5.41) is 15.4. The number of hydrogen-bond donors (Lipinski definition) is 2. The van der Waals surface area contributed by atoms with Crippen molar-refractivity contribution < 1.29 is 5.11 Å². The number of halogens is 1. The predicted octanol–water partition coefficient (Wildman–Crippen LogP) is 4.18. The number of nitrogens with zero attached hydrogens (tertiary/aromatic N) is 4. The Morgan fingerprint density at radius 1 is 1.24 bits per heavy atom. The molecule has 4 rings (SSSR count). The van der Waals surface area contributed by atoms with Crippen LogP contribution in [0.2, 0.25) is 0 Å². The molecule has 3 heterocycles. The third-order valence-corrected chi connectivity index (χ3v) is 4.32. The van der Waals surface area contributed by atoms with E-state index in [0.29, 0.717) is 17.0 Å². The van der Waals surface area contributed by atoms with Gasteiger partial charge in [0.05, 0.1) is 11.3 Å². The van der Waals surface area contributed by atoms with Crippen molar-refractivity contribution in [1.29, 1.82) is 0 Å². The number of fused-ring (bicyclic) bond motifs is 1. The SMILES string of the molecule is Cn1nc(-c2ccccc2)cc1N=Cc1c(O)[nH]c2ncc(Br)cc12. The molecule has 0 aliphatic carbocycles. The molecule has 0 aliphatic heterocycles. The highest BCUT2D eigenvalue weighted by molar-refractivity contribution is 9.10. The Morgan fingerprint density at radius 2 is 2.04 bits per heavy atom. The molecule has 0 amide bonds. The molecule has 0 spiro atoms. The first-order valence-corrected chi connectivity index (χ1v) is 8.41. The number of benzene rings is 1. The van der Waals surface area contributed by atoms with Gasteiger partial charge in [0, 0.05) is 40.9 Å². The summed E-state index contributed by atoms with van der Waals surface area (Å²) in [6, 6.07) is 13.7. The summed E-state index contributed by atoms with van der Waals surface area (Å²) in [6.07, 6.45) is 3.29. The van der Waals surface area contributed by atoms with Crippen LogP contribution in [0.25, 0.3) is 22.3 Å². The van der Waals surface area contributed by atoms with Gasteiger partial charge < -0.3 is 10.1 Å². The van der Waals surface area contributed by atoms with E-state index in [4.69, 9.17) is 0 Å². The molecule has 6 nitrogen and oxygen atoms in total. The standard InChI is InChI=1S/C18H14BrN5O/c1-24-16(8-15(23-24)11-5-3-2-4-6-11)20-10-14-13-7-12(19)9-21-17(13)22-18(14)25/h2-10,25H,1H3,(H,21,22). The van der Waals surface area contributed by atoms with Crippen molar-refractivity contribution in [2.24, 2.45) is 12.0 Å². The van der Waals surface area contributed by atoms with E-state index in [1.54, 1.807) is 17.1 Å². The van der Waals surface area contributed by atoms with E-state index in [9.17, 15) is 5.11 Å². The molecule has 3 aromatic heterocycles. The number of aromatic hydroxyl groups is 1. The number of aromatic nitrogens is 4. The summed E-state index contributed by atoms with van der Waals surface area (Å²) in [5.74, 6) is 0.727. The first-order valence-electron chi connectivity index (χ1n) is 7.61. The largest absolute Gasteiger partial charge is 0.494 e. The van der Waals surface area contributed by atoms with Crippen LogP contribution in [0.5, 0.6) is 5.88 Å². The lowest BCUT2D eigenvalue weighted by atomic mass is 10.2. The minimum Gasteiger partial charge on any atom is -0.494 e. The summed E-state index contributed by atoms with van der Waals surface area (Å²) in [5.41, 5.74) is 3.08. The summed E-state index contributed by atoms with van der Waals surface area (Å²) in [6.45, 7) is 0. The van der Waals surface area contributed by atoms with Crippen molar-refractivity contribution in [3.63, 3.8) is 0 Å². The van der Waals surface area contributed by atoms with E-state index in [-0.39, 0.29) is 5.88 Å². The van der Waals surface area contributed by atoms with Crippen LogP contribution < -0.4 is 0 Å². The third kappa shape index (κ3) is 2.94. The van der Waals surface area contributed by atoms with Crippen molar-refractivity contribution in [3.8, 4) is 17.1 Å². The molecule has 0 unspecified atom stereocenters. The maximum Gasteiger partial charge on any atom is 0.199 e. The lowest BCUT2D eigenvalue weighted by Gasteiger charge is -1.95. The quantitative estimate of drug-likeness (QED) is 0.510. The van der Waals surface area contributed by atoms with Crippen LogP contribution in [-0.2, 0) is 7.05 Å². The summed E-state index contributed by atoms with van der Waals surface area (Å²) in [7, 11) is 1.84. The van der Waals surface area contributed by atoms with Crippen molar-refractivity contribution in [2.45, 2.75) is 0 Å². The van der Waals surface area contributed by atoms with E-state index in [1.165, 1.54) is 0 Å². The van der Waals surface area contributed by atoms with Gasteiger partial charge in [-0.1, -0.05) is 30.3 Å². The highest BCUT2D eigenvalue weighted by atomic mass is 79.9. The van der Waals surface area contributed by atoms with E-state index in [0.717, 1.165) is 21.1 Å². The van der Waals surface area contributed by atoms with Crippen molar-refractivity contribution >= 4 is 39.0 Å². The second kappa shape index (κ2) is 6.18. The van der Waals surface area contributed by atoms with Gasteiger partial charge in [-0.25, -0.2) is 9.98 Å². The van der Waals surface area contributed by atoms with Crippen LogP contribution in [0.15, 0.2) is 58.1 Å². The zero-order valence-corrected chi connectivity index (χ0v) is 14.9. The Balaban J connectivity index is 1.72. The van der Waals surface area contributed by atoms with Crippen LogP contribution in [0.4, 0.5) is 5.82 Å². The first kappa shape index (κ1) is 15.6. The fourth-order valence-corrected chi connectivity index (χ4v) is 2.97. The Hall–Kier alpha value is -2.93. The van der Waals surface area contributed by atoms with Gasteiger partial charge in [-0.15, -0.1) is 0 Å². The Bertz CT molecular complexity index is 1080. The van der Waals surface area contributed by atoms with Crippen LogP contribution >= 0.6 is 15.9 Å². The molecule has 0 saturated heterocycles. The molecule has 4 aromatic rings. The number of aryl methyl sites for hydroxylation is 1. The minimum atomic E-state index is 0.0369. The number of pyridine rings is 1. The summed E-state index contributed by atoms with van der Waals surface area (Å²) >= 11 is 3.40. The van der Waals surface area contributed by atoms with Gasteiger partial charge >= 0.3 is 0 Å². The molecule has 0 radical (unpaired) electrons. The van der Waals surface area contributed by atoms with Gasteiger partial charge in [0.1, 0.15) is 5.65 Å². The van der Waals surface area contributed by atoms with Crippen molar-refractivity contribution in [3.05, 3.63) is 58.7 Å². The second-order valence-electron chi connectivity index (χ2n) is 5.57. The lowest BCUT2D eigenvalue weighted by molar-refractivity contribution is 0.457. The van der Waals surface area contributed by atoms with E-state index in [1.807, 2.05) is 49.5 Å². The van der Waals surface area contributed by atoms with Gasteiger partial charge in [0.15, 0.2) is 11.7 Å². The summed E-state index contributed by atoms with van der Waals surface area (Å²) < 4.78 is 2.54. The summed E-state index contributed by atoms with van der Waals surface area (Å²) in [4.78, 5) is 11.6. The zero-order valence-electron chi connectivity index (χ0n) is 13.3. The highest BCUT2D eigenvalue weighted by Crippen LogP contribution is 2.28. The zero-order chi connectivity index (χ0) is 17.4. The molecule has 25 heavy (non-hydrogen) atoms. The maximum absolute atomic E-state index is 10.1. The molecular formula is C18H14BrN5O. The van der Waals surface area contributed by atoms with E-state index < -0.39 is 0 Å². The number of nitrogens with one attached hydrogen (secondary N) is 1. The van der Waals surface area contributed by atoms with E-state index >= 15 is 0 Å². The molecule has 0 bridgehead atoms. The Kier molecular flexibility index (Phi) is 3.85. The highest BCUT2D eigenvalue weighted by Gasteiger charge is 2.11. The molecule has 1 aromatic carbocycles. The average Bonchev–Trinajstić information content (AvgIpc) is 3.13. The number of H-pyrrole nitrogens is 1. The normalized spacial score (nSPS) is 11.6. The molecule has 0 atom stereocenters. The maximum atomic E-state index is 10.1. The topological polar surface area (TPSA) is 79.1 Å². The number of aromatic amines is 1. The van der Waals surface area contributed by atoms with Gasteiger partial charge in [-0.05, 0) is 22.0 Å². The van der Waals surface area contributed by atoms with Crippen molar-refractivity contribution in [1.82, 2.24) is 19.7 Å². The molecule has 7 heteroatoms. The average molecular weight is 396 g/mol. The Morgan fingerprint density at radius 3 is 2.84 bits per heavy atom. The fourth-order valence-electron chi connectivity index (χ4n) is 2.64. The number of rotatable bonds is 3.